The Balaban J connectivity index is 1.22. The van der Waals surface area contributed by atoms with Crippen molar-refractivity contribution in [2.45, 2.75) is 31.6 Å². The summed E-state index contributed by atoms with van der Waals surface area (Å²) < 4.78 is 11.0. The van der Waals surface area contributed by atoms with E-state index in [0.29, 0.717) is 25.9 Å². The predicted octanol–water partition coefficient (Wildman–Crippen LogP) is 3.77. The minimum atomic E-state index is -0.332. The first-order valence-electron chi connectivity index (χ1n) is 9.49. The molecule has 0 aliphatic carbocycles. The zero-order valence-corrected chi connectivity index (χ0v) is 16.3. The number of aromatic nitrogens is 1. The number of hydrogen-bond acceptors (Lipinski definition) is 6. The lowest BCUT2D eigenvalue weighted by Gasteiger charge is -2.30. The van der Waals surface area contributed by atoms with Crippen LogP contribution in [0.2, 0.25) is 0 Å². The average Bonchev–Trinajstić information content (AvgIpc) is 3.40. The number of oxazole rings is 1. The van der Waals surface area contributed by atoms with Gasteiger partial charge in [0.2, 0.25) is 0 Å². The summed E-state index contributed by atoms with van der Waals surface area (Å²) in [4.78, 5) is 30.5. The van der Waals surface area contributed by atoms with E-state index in [1.54, 1.807) is 16.2 Å². The predicted molar refractivity (Wildman–Crippen MR) is 106 cm³/mol. The van der Waals surface area contributed by atoms with Crippen LogP contribution in [-0.2, 0) is 20.7 Å². The first kappa shape index (κ1) is 18.7. The fourth-order valence-electron chi connectivity index (χ4n) is 3.43. The molecule has 1 aliphatic rings. The van der Waals surface area contributed by atoms with Gasteiger partial charge in [-0.1, -0.05) is 12.1 Å². The lowest BCUT2D eigenvalue weighted by Crippen LogP contribution is -2.40. The number of fused-ring (bicyclic) bond motifs is 1. The minimum absolute atomic E-state index is 0.139. The van der Waals surface area contributed by atoms with E-state index < -0.39 is 0 Å². The number of esters is 1. The molecule has 4 rings (SSSR count). The molecule has 1 aromatic carbocycles. The number of hydrogen-bond donors (Lipinski definition) is 0. The summed E-state index contributed by atoms with van der Waals surface area (Å²) in [5.74, 6) is 0.485. The Kier molecular flexibility index (Phi) is 5.71. The fraction of sp³-hybridized carbons (Fsp3) is 0.381. The number of piperidine rings is 1. The highest BCUT2D eigenvalue weighted by molar-refractivity contribution is 7.07. The van der Waals surface area contributed by atoms with Crippen molar-refractivity contribution in [2.24, 2.45) is 0 Å². The van der Waals surface area contributed by atoms with Crippen LogP contribution < -0.4 is 0 Å². The van der Waals surface area contributed by atoms with Gasteiger partial charge in [0.1, 0.15) is 5.52 Å². The number of likely N-dealkylation sites (tertiary alicyclic amines) is 1. The molecule has 3 aromatic rings. The van der Waals surface area contributed by atoms with Gasteiger partial charge in [0.15, 0.2) is 18.1 Å². The number of carbonyl (C=O) groups excluding carboxylic acids is 2. The van der Waals surface area contributed by atoms with Crippen LogP contribution in [0.4, 0.5) is 0 Å². The standard InChI is InChI=1S/C21H22N2O4S/c24-19(13-26-20(25)6-5-15-9-12-28-14-15)23-10-7-16(8-11-23)21-22-17-3-1-2-4-18(17)27-21/h1-4,9,12,14,16H,5-8,10-11,13H2. The molecule has 0 unspecified atom stereocenters. The van der Waals surface area contributed by atoms with Crippen molar-refractivity contribution in [3.05, 3.63) is 52.5 Å². The summed E-state index contributed by atoms with van der Waals surface area (Å²) in [5.41, 5.74) is 2.78. The van der Waals surface area contributed by atoms with Crippen LogP contribution in [0.3, 0.4) is 0 Å². The van der Waals surface area contributed by atoms with E-state index in [9.17, 15) is 9.59 Å². The number of benzene rings is 1. The second-order valence-corrected chi connectivity index (χ2v) is 7.75. The van der Waals surface area contributed by atoms with Crippen LogP contribution in [0, 0.1) is 0 Å². The average molecular weight is 398 g/mol. The molecule has 0 radical (unpaired) electrons. The zero-order valence-electron chi connectivity index (χ0n) is 15.5. The Labute approximate surface area is 167 Å². The molecule has 0 bridgehead atoms. The van der Waals surface area contributed by atoms with Crippen LogP contribution >= 0.6 is 11.3 Å². The molecule has 1 saturated heterocycles. The maximum atomic E-state index is 12.3. The fourth-order valence-corrected chi connectivity index (χ4v) is 4.13. The largest absolute Gasteiger partial charge is 0.456 e. The molecule has 0 N–H and O–H groups in total. The number of aryl methyl sites for hydroxylation is 1. The molecule has 0 saturated carbocycles. The van der Waals surface area contributed by atoms with Crippen molar-refractivity contribution in [1.82, 2.24) is 9.88 Å². The molecule has 7 heteroatoms. The van der Waals surface area contributed by atoms with E-state index >= 15 is 0 Å². The van der Waals surface area contributed by atoms with Gasteiger partial charge in [-0.05, 0) is 53.8 Å². The third kappa shape index (κ3) is 4.42. The van der Waals surface area contributed by atoms with Crippen LogP contribution in [0.15, 0.2) is 45.5 Å². The van der Waals surface area contributed by atoms with Crippen molar-refractivity contribution >= 4 is 34.3 Å². The Morgan fingerprint density at radius 2 is 2.04 bits per heavy atom. The number of thiophene rings is 1. The van der Waals surface area contributed by atoms with E-state index in [-0.39, 0.29) is 24.4 Å². The molecule has 1 aliphatic heterocycles. The molecular formula is C21H22N2O4S. The number of ether oxygens (including phenoxy) is 1. The van der Waals surface area contributed by atoms with Crippen molar-refractivity contribution in [3.63, 3.8) is 0 Å². The van der Waals surface area contributed by atoms with E-state index in [2.05, 4.69) is 4.98 Å². The second-order valence-electron chi connectivity index (χ2n) is 6.97. The number of rotatable bonds is 6. The summed E-state index contributed by atoms with van der Waals surface area (Å²) in [5, 5.41) is 3.99. The van der Waals surface area contributed by atoms with Gasteiger partial charge in [-0.15, -0.1) is 0 Å². The van der Waals surface area contributed by atoms with Gasteiger partial charge in [0, 0.05) is 25.4 Å². The Bertz CT molecular complexity index is 909. The van der Waals surface area contributed by atoms with Gasteiger partial charge in [0.25, 0.3) is 5.91 Å². The molecule has 0 spiro atoms. The molecule has 28 heavy (non-hydrogen) atoms. The number of para-hydroxylation sites is 2. The first-order valence-corrected chi connectivity index (χ1v) is 10.4. The van der Waals surface area contributed by atoms with Gasteiger partial charge in [0.05, 0.1) is 0 Å². The molecule has 0 atom stereocenters. The van der Waals surface area contributed by atoms with Crippen molar-refractivity contribution in [2.75, 3.05) is 19.7 Å². The highest BCUT2D eigenvalue weighted by Crippen LogP contribution is 2.29. The third-order valence-corrected chi connectivity index (χ3v) is 5.79. The Morgan fingerprint density at radius 1 is 1.21 bits per heavy atom. The molecule has 3 heterocycles. The summed E-state index contributed by atoms with van der Waals surface area (Å²) in [6.45, 7) is 1.05. The first-order chi connectivity index (χ1) is 13.7. The molecule has 1 amide bonds. The summed E-state index contributed by atoms with van der Waals surface area (Å²) in [7, 11) is 0. The highest BCUT2D eigenvalue weighted by atomic mass is 32.1. The van der Waals surface area contributed by atoms with Gasteiger partial charge >= 0.3 is 5.97 Å². The second kappa shape index (κ2) is 8.56. The van der Waals surface area contributed by atoms with Crippen LogP contribution in [0.1, 0.15) is 36.6 Å². The number of nitrogens with zero attached hydrogens (tertiary/aromatic N) is 2. The quantitative estimate of drug-likeness (QED) is 0.591. The maximum Gasteiger partial charge on any atom is 0.306 e. The van der Waals surface area contributed by atoms with E-state index in [0.717, 1.165) is 35.4 Å². The Morgan fingerprint density at radius 3 is 2.79 bits per heavy atom. The smallest absolute Gasteiger partial charge is 0.306 e. The number of amides is 1. The van der Waals surface area contributed by atoms with Gasteiger partial charge in [-0.3, -0.25) is 9.59 Å². The lowest BCUT2D eigenvalue weighted by atomic mass is 9.97. The van der Waals surface area contributed by atoms with Gasteiger partial charge in [-0.25, -0.2) is 4.98 Å². The minimum Gasteiger partial charge on any atom is -0.456 e. The molecule has 6 nitrogen and oxygen atoms in total. The summed E-state index contributed by atoms with van der Waals surface area (Å²) >= 11 is 1.60. The van der Waals surface area contributed by atoms with Gasteiger partial charge < -0.3 is 14.1 Å². The maximum absolute atomic E-state index is 12.3. The molecular weight excluding hydrogens is 376 g/mol. The topological polar surface area (TPSA) is 72.6 Å². The zero-order chi connectivity index (χ0) is 19.3. The van der Waals surface area contributed by atoms with Gasteiger partial charge in [-0.2, -0.15) is 11.3 Å². The molecule has 1 fully saturated rings. The van der Waals surface area contributed by atoms with E-state index in [1.165, 1.54) is 0 Å². The number of carbonyl (C=O) groups is 2. The summed E-state index contributed by atoms with van der Waals surface area (Å²) in [6.07, 6.45) is 2.53. The molecule has 146 valence electrons. The lowest BCUT2D eigenvalue weighted by molar-refractivity contribution is -0.152. The summed E-state index contributed by atoms with van der Waals surface area (Å²) in [6, 6.07) is 9.72. The van der Waals surface area contributed by atoms with E-state index in [4.69, 9.17) is 9.15 Å². The third-order valence-electron chi connectivity index (χ3n) is 5.06. The van der Waals surface area contributed by atoms with Crippen molar-refractivity contribution in [1.29, 1.82) is 0 Å². The SMILES string of the molecule is O=C(CCc1ccsc1)OCC(=O)N1CCC(c2nc3ccccc3o2)CC1. The van der Waals surface area contributed by atoms with Crippen LogP contribution in [0.25, 0.3) is 11.1 Å². The molecule has 2 aromatic heterocycles. The van der Waals surface area contributed by atoms with Crippen LogP contribution in [0.5, 0.6) is 0 Å². The van der Waals surface area contributed by atoms with Crippen molar-refractivity contribution < 1.29 is 18.7 Å². The Hall–Kier alpha value is -2.67. The van der Waals surface area contributed by atoms with E-state index in [1.807, 2.05) is 41.1 Å². The van der Waals surface area contributed by atoms with Crippen LogP contribution in [-0.4, -0.2) is 41.5 Å². The van der Waals surface area contributed by atoms with Crippen molar-refractivity contribution in [3.8, 4) is 0 Å². The highest BCUT2D eigenvalue weighted by Gasteiger charge is 2.27. The normalized spacial score (nSPS) is 15.1. The monoisotopic (exact) mass is 398 g/mol.